The van der Waals surface area contributed by atoms with Crippen LogP contribution in [0.1, 0.15) is 12.5 Å². The van der Waals surface area contributed by atoms with E-state index in [4.69, 9.17) is 23.4 Å². The quantitative estimate of drug-likeness (QED) is 0.0611. The van der Waals surface area contributed by atoms with Gasteiger partial charge in [0.2, 0.25) is 0 Å². The van der Waals surface area contributed by atoms with E-state index in [-0.39, 0.29) is 11.3 Å². The van der Waals surface area contributed by atoms with Crippen LogP contribution in [-0.2, 0) is 27.7 Å². The predicted molar refractivity (Wildman–Crippen MR) is 165 cm³/mol. The molecule has 2 saturated heterocycles. The number of aliphatic hydroxyl groups excluding tert-OH is 2. The van der Waals surface area contributed by atoms with E-state index in [0.717, 1.165) is 0 Å². The molecule has 24 heteroatoms. The van der Waals surface area contributed by atoms with Gasteiger partial charge in [0.1, 0.15) is 37.1 Å². The molecule has 4 unspecified atom stereocenters. The van der Waals surface area contributed by atoms with Gasteiger partial charge in [-0.2, -0.15) is 0 Å². The van der Waals surface area contributed by atoms with Crippen LogP contribution in [0.3, 0.4) is 0 Å². The Labute approximate surface area is 275 Å². The van der Waals surface area contributed by atoms with E-state index in [1.807, 2.05) is 0 Å². The summed E-state index contributed by atoms with van der Waals surface area (Å²) in [6, 6.07) is 0. The number of rotatable bonds is 14. The molecule has 2 fully saturated rings. The number of fused-ring (bicyclic) bond motifs is 2. The average Bonchev–Trinajstić information content (AvgIpc) is 3.83. The largest absolute Gasteiger partial charge is 0.695 e. The lowest BCUT2D eigenvalue weighted by atomic mass is 10.1. The van der Waals surface area contributed by atoms with E-state index in [2.05, 4.69) is 52.8 Å². The molecule has 19 nitrogen and oxygen atoms in total. The van der Waals surface area contributed by atoms with Crippen LogP contribution in [-0.4, -0.2) is 117 Å². The van der Waals surface area contributed by atoms with E-state index in [0.29, 0.717) is 35.8 Å². The van der Waals surface area contributed by atoms with Crippen molar-refractivity contribution in [1.29, 1.82) is 0 Å². The van der Waals surface area contributed by atoms with Crippen LogP contribution in [0, 0.1) is 0 Å². The van der Waals surface area contributed by atoms with E-state index in [1.54, 1.807) is 12.2 Å². The third kappa shape index (κ3) is 6.86. The van der Waals surface area contributed by atoms with Crippen molar-refractivity contribution >= 4 is 61.7 Å². The van der Waals surface area contributed by atoms with Gasteiger partial charge in [0.25, 0.3) is 0 Å². The Balaban J connectivity index is 1.07. The van der Waals surface area contributed by atoms with Crippen LogP contribution in [0.2, 0.25) is 0 Å². The van der Waals surface area contributed by atoms with Gasteiger partial charge in [-0.05, 0) is 4.57 Å². The summed E-state index contributed by atoms with van der Waals surface area (Å²) < 4.78 is 76.5. The van der Waals surface area contributed by atoms with E-state index >= 15 is 8.78 Å². The molecular weight excluding hydrogens is 704 g/mol. The first kappa shape index (κ1) is 34.4. The molecule has 0 aromatic carbocycles. The zero-order valence-corrected chi connectivity index (χ0v) is 27.1. The number of nitrogens with zero attached hydrogens (tertiary/aromatic N) is 8. The number of halogens is 2. The normalized spacial score (nSPS) is 28.1. The SMILES string of the molecule is O=[P+](O)O[C@@H]1C(CO)OC(n2cnc3c(NC/C=C/CNc4ncnc5c4ncn5[C@@H]4O[C@H](CO)[C@@H](O[P+](=O)S)[C@H]4F)ncnc32)[C@@H]1F. The molecule has 0 saturated carbocycles. The number of alkyl halides is 2. The van der Waals surface area contributed by atoms with Gasteiger partial charge in [-0.25, -0.2) is 38.7 Å². The summed E-state index contributed by atoms with van der Waals surface area (Å²) in [6.45, 7) is -0.585. The molecule has 0 spiro atoms. The van der Waals surface area contributed by atoms with Gasteiger partial charge >= 0.3 is 15.5 Å². The standard InChI is InChI=1S/C24H26F2N10O9P2S/c25-13-17(44-46(39)40)11(5-37)42-23(13)35-9-33-15-19(29-7-31-21(15)35)27-3-1-2-4-28-20-16-22(32-8-30-20)36(10-34-16)24-14(26)18(45-47(41)48)12(6-38)43-24/h1-2,7-14,17-18,23-24,37-38H,3-6H2,(H2-2,27,28,29,30,31,32,39,40,41,48)/p+2/b2-1+/t11?,12-,13-,14-,17-,18-,23?,24-/m1/s1. The first-order chi connectivity index (χ1) is 23.2. The smallest absolute Gasteiger partial charge is 0.394 e. The summed E-state index contributed by atoms with van der Waals surface area (Å²) in [7, 11) is -5.57. The number of aromatic nitrogens is 8. The van der Waals surface area contributed by atoms with Crippen LogP contribution in [0.4, 0.5) is 20.4 Å². The topological polar surface area (TPSA) is 243 Å². The Morgan fingerprint density at radius 3 is 1.69 bits per heavy atom. The molecule has 2 aliphatic heterocycles. The highest BCUT2D eigenvalue weighted by Gasteiger charge is 2.52. The number of ether oxygens (including phenoxy) is 2. The van der Waals surface area contributed by atoms with Gasteiger partial charge in [0, 0.05) is 17.7 Å². The van der Waals surface area contributed by atoms with Gasteiger partial charge in [-0.15, -0.1) is 13.9 Å². The van der Waals surface area contributed by atoms with Crippen LogP contribution in [0.15, 0.2) is 37.5 Å². The molecule has 2 aliphatic rings. The zero-order chi connectivity index (χ0) is 33.9. The Bertz CT molecular complexity index is 1700. The third-order valence-electron chi connectivity index (χ3n) is 7.52. The van der Waals surface area contributed by atoms with Crippen molar-refractivity contribution in [2.75, 3.05) is 36.9 Å². The molecule has 6 rings (SSSR count). The maximum absolute atomic E-state index is 15.2. The Morgan fingerprint density at radius 2 is 1.27 bits per heavy atom. The van der Waals surface area contributed by atoms with Gasteiger partial charge in [-0.1, -0.05) is 12.2 Å². The summed E-state index contributed by atoms with van der Waals surface area (Å²) >= 11 is 3.67. The van der Waals surface area contributed by atoms with Crippen molar-refractivity contribution in [1.82, 2.24) is 39.0 Å². The summed E-state index contributed by atoms with van der Waals surface area (Å²) in [6.07, 6.45) is -2.57. The van der Waals surface area contributed by atoms with Crippen molar-refractivity contribution in [2.45, 2.75) is 49.2 Å². The number of hydrogen-bond acceptors (Lipinski definition) is 16. The second-order valence-electron chi connectivity index (χ2n) is 10.3. The lowest BCUT2D eigenvalue weighted by Gasteiger charge is -2.15. The summed E-state index contributed by atoms with van der Waals surface area (Å²) in [5.74, 6) is 0.704. The zero-order valence-electron chi connectivity index (χ0n) is 24.4. The van der Waals surface area contributed by atoms with Crippen molar-refractivity contribution in [3.8, 4) is 0 Å². The molecule has 4 aromatic rings. The monoisotopic (exact) mass is 732 g/mol. The number of hydrogen-bond donors (Lipinski definition) is 6. The minimum Gasteiger partial charge on any atom is -0.394 e. The second-order valence-corrected chi connectivity index (χ2v) is 12.7. The van der Waals surface area contributed by atoms with Crippen LogP contribution >= 0.6 is 27.7 Å². The van der Waals surface area contributed by atoms with Crippen LogP contribution < -0.4 is 10.6 Å². The van der Waals surface area contributed by atoms with Crippen molar-refractivity contribution in [2.24, 2.45) is 0 Å². The first-order valence-corrected chi connectivity index (χ1v) is 17.6. The third-order valence-corrected chi connectivity index (χ3v) is 8.66. The van der Waals surface area contributed by atoms with Crippen LogP contribution in [0.5, 0.6) is 0 Å². The molecule has 5 N–H and O–H groups in total. The van der Waals surface area contributed by atoms with Crippen molar-refractivity contribution < 1.29 is 51.5 Å². The number of imidazole rings is 2. The molecule has 10 atom stereocenters. The Morgan fingerprint density at radius 1 is 0.812 bits per heavy atom. The molecule has 0 aliphatic carbocycles. The summed E-state index contributed by atoms with van der Waals surface area (Å²) in [4.78, 5) is 34.4. The fraction of sp³-hybridized carbons (Fsp3) is 0.500. The fourth-order valence-corrected chi connectivity index (χ4v) is 6.65. The van der Waals surface area contributed by atoms with Gasteiger partial charge in [-0.3, -0.25) is 9.13 Å². The number of aliphatic hydroxyl groups is 2. The molecule has 0 bridgehead atoms. The Hall–Kier alpha value is -3.43. The van der Waals surface area contributed by atoms with Crippen molar-refractivity contribution in [3.63, 3.8) is 0 Å². The van der Waals surface area contributed by atoms with E-state index in [9.17, 15) is 19.3 Å². The lowest BCUT2D eigenvalue weighted by molar-refractivity contribution is -0.0436. The van der Waals surface area contributed by atoms with Crippen LogP contribution in [0.25, 0.3) is 22.3 Å². The molecule has 6 heterocycles. The van der Waals surface area contributed by atoms with E-state index < -0.39 is 77.9 Å². The lowest BCUT2D eigenvalue weighted by Crippen LogP contribution is -2.32. The fourth-order valence-electron chi connectivity index (χ4n) is 5.40. The molecule has 0 radical (unpaired) electrons. The van der Waals surface area contributed by atoms with Crippen molar-refractivity contribution in [3.05, 3.63) is 37.5 Å². The maximum atomic E-state index is 15.2. The minimum absolute atomic E-state index is 0.220. The number of anilines is 2. The number of thiol groups is 1. The first-order valence-electron chi connectivity index (χ1n) is 14.2. The molecule has 0 amide bonds. The van der Waals surface area contributed by atoms with Gasteiger partial charge in [0.15, 0.2) is 71.0 Å². The summed E-state index contributed by atoms with van der Waals surface area (Å²) in [5.41, 5.74) is 1.12. The molecule has 4 aromatic heterocycles. The summed E-state index contributed by atoms with van der Waals surface area (Å²) in [5, 5.41) is 25.3. The molecular formula is C24H28F2N10O9P2S+2. The van der Waals surface area contributed by atoms with E-state index in [1.165, 1.54) is 34.4 Å². The highest BCUT2D eigenvalue weighted by Crippen LogP contribution is 2.42. The predicted octanol–water partition coefficient (Wildman–Crippen LogP) is 1.51. The minimum atomic E-state index is -3.13. The maximum Gasteiger partial charge on any atom is 0.695 e. The average molecular weight is 733 g/mol. The highest BCUT2D eigenvalue weighted by atomic mass is 32.7. The Kier molecular flexibility index (Phi) is 10.8. The van der Waals surface area contributed by atoms with Gasteiger partial charge in [0.05, 0.1) is 25.9 Å². The molecule has 48 heavy (non-hydrogen) atoms. The van der Waals surface area contributed by atoms with Gasteiger partial charge < -0.3 is 30.3 Å². The highest BCUT2D eigenvalue weighted by molar-refractivity contribution is 8.39. The number of nitrogens with one attached hydrogen (secondary N) is 2. The second kappa shape index (κ2) is 15.0. The molecule has 256 valence electrons.